The second-order valence-corrected chi connectivity index (χ2v) is 12.5. The number of ether oxygens (including phenoxy) is 1. The number of hydrogen-bond donors (Lipinski definition) is 1. The Morgan fingerprint density at radius 1 is 0.892 bits per heavy atom. The van der Waals surface area contributed by atoms with Gasteiger partial charge in [0.25, 0.3) is 10.0 Å². The van der Waals surface area contributed by atoms with E-state index in [9.17, 15) is 21.6 Å². The van der Waals surface area contributed by atoms with E-state index in [0.29, 0.717) is 28.9 Å². The summed E-state index contributed by atoms with van der Waals surface area (Å²) >= 11 is 3.29. The summed E-state index contributed by atoms with van der Waals surface area (Å²) in [7, 11) is -6.49. The summed E-state index contributed by atoms with van der Waals surface area (Å²) < 4.78 is 60.9. The molecule has 0 heterocycles. The largest absolute Gasteiger partial charge is 0.495 e. The SMILES string of the molecule is CCN(CC)S(=O)(=O)c1ccc(NC(=O)CN(c2ccccc2)S(=O)(=O)c2cc(Br)ccc2OC)cc1. The van der Waals surface area contributed by atoms with E-state index in [2.05, 4.69) is 21.2 Å². The van der Waals surface area contributed by atoms with Gasteiger partial charge in [-0.15, -0.1) is 0 Å². The van der Waals surface area contributed by atoms with E-state index in [1.54, 1.807) is 50.2 Å². The molecule has 0 radical (unpaired) electrons. The Labute approximate surface area is 226 Å². The third kappa shape index (κ3) is 6.50. The molecule has 0 aliphatic rings. The van der Waals surface area contributed by atoms with Crippen LogP contribution in [0.5, 0.6) is 5.75 Å². The molecule has 0 aliphatic heterocycles. The van der Waals surface area contributed by atoms with Crippen LogP contribution >= 0.6 is 15.9 Å². The maximum atomic E-state index is 13.7. The first-order chi connectivity index (χ1) is 17.5. The van der Waals surface area contributed by atoms with Crippen molar-refractivity contribution < 1.29 is 26.4 Å². The fraction of sp³-hybridized carbons (Fsp3) is 0.240. The molecule has 0 spiro atoms. The number of amides is 1. The van der Waals surface area contributed by atoms with Crippen LogP contribution in [0, 0.1) is 0 Å². The third-order valence-corrected chi connectivity index (χ3v) is 9.86. The van der Waals surface area contributed by atoms with Gasteiger partial charge in [0.15, 0.2) is 0 Å². The standard InChI is InChI=1S/C25H28BrN3O6S2/c1-4-28(5-2)36(31,32)22-14-12-20(13-15-22)27-25(30)18-29(21-9-7-6-8-10-21)37(33,34)24-17-19(26)11-16-23(24)35-3/h6-17H,4-5,18H2,1-3H3,(H,27,30). The molecule has 0 fully saturated rings. The van der Waals surface area contributed by atoms with Crippen LogP contribution < -0.4 is 14.4 Å². The number of hydrogen-bond acceptors (Lipinski definition) is 6. The van der Waals surface area contributed by atoms with E-state index in [-0.39, 0.29) is 15.5 Å². The fourth-order valence-electron chi connectivity index (χ4n) is 3.63. The lowest BCUT2D eigenvalue weighted by Crippen LogP contribution is -2.38. The zero-order valence-corrected chi connectivity index (χ0v) is 23.8. The van der Waals surface area contributed by atoms with Gasteiger partial charge in [-0.1, -0.05) is 48.0 Å². The Morgan fingerprint density at radius 2 is 1.51 bits per heavy atom. The summed E-state index contributed by atoms with van der Waals surface area (Å²) in [6, 6.07) is 18.6. The molecule has 0 saturated heterocycles. The average Bonchev–Trinajstić information content (AvgIpc) is 2.88. The van der Waals surface area contributed by atoms with Gasteiger partial charge in [0.05, 0.1) is 17.7 Å². The minimum atomic E-state index is -4.22. The quantitative estimate of drug-likeness (QED) is 0.346. The molecule has 12 heteroatoms. The number of sulfonamides is 2. The number of benzene rings is 3. The van der Waals surface area contributed by atoms with E-state index < -0.39 is 32.5 Å². The minimum absolute atomic E-state index is 0.101. The van der Waals surface area contributed by atoms with Crippen LogP contribution in [0.25, 0.3) is 0 Å². The summed E-state index contributed by atoms with van der Waals surface area (Å²) in [4.78, 5) is 13.0. The van der Waals surface area contributed by atoms with Gasteiger partial charge in [-0.25, -0.2) is 16.8 Å². The van der Waals surface area contributed by atoms with Gasteiger partial charge < -0.3 is 10.1 Å². The summed E-state index contributed by atoms with van der Waals surface area (Å²) in [5.41, 5.74) is 0.620. The molecule has 1 N–H and O–H groups in total. The number of carbonyl (C=O) groups excluding carboxylic acids is 1. The first-order valence-corrected chi connectivity index (χ1v) is 15.0. The molecule has 3 rings (SSSR count). The maximum absolute atomic E-state index is 13.7. The van der Waals surface area contributed by atoms with Gasteiger partial charge in [-0.3, -0.25) is 9.10 Å². The van der Waals surface area contributed by atoms with E-state index in [4.69, 9.17) is 4.74 Å². The zero-order valence-electron chi connectivity index (χ0n) is 20.6. The molecule has 0 aliphatic carbocycles. The molecule has 3 aromatic rings. The van der Waals surface area contributed by atoms with E-state index in [0.717, 1.165) is 4.31 Å². The van der Waals surface area contributed by atoms with Crippen molar-refractivity contribution in [1.29, 1.82) is 0 Å². The number of anilines is 2. The molecule has 0 unspecified atom stereocenters. The van der Waals surface area contributed by atoms with Crippen LogP contribution in [0.2, 0.25) is 0 Å². The lowest BCUT2D eigenvalue weighted by Gasteiger charge is -2.25. The van der Waals surface area contributed by atoms with Crippen molar-refractivity contribution in [3.63, 3.8) is 0 Å². The highest BCUT2D eigenvalue weighted by Crippen LogP contribution is 2.32. The second kappa shape index (κ2) is 12.1. The third-order valence-electron chi connectivity index (χ3n) is 5.51. The van der Waals surface area contributed by atoms with Crippen molar-refractivity contribution in [3.8, 4) is 5.75 Å². The zero-order chi connectivity index (χ0) is 27.2. The van der Waals surface area contributed by atoms with Crippen molar-refractivity contribution in [3.05, 3.63) is 77.3 Å². The number of carbonyl (C=O) groups is 1. The van der Waals surface area contributed by atoms with Crippen LogP contribution in [0.4, 0.5) is 11.4 Å². The van der Waals surface area contributed by atoms with E-state index in [1.165, 1.54) is 47.8 Å². The highest BCUT2D eigenvalue weighted by atomic mass is 79.9. The van der Waals surface area contributed by atoms with Gasteiger partial charge in [-0.05, 0) is 54.6 Å². The number of halogens is 1. The molecule has 0 saturated carbocycles. The molecule has 198 valence electrons. The molecule has 1 amide bonds. The number of methoxy groups -OCH3 is 1. The predicted molar refractivity (Wildman–Crippen MR) is 147 cm³/mol. The second-order valence-electron chi connectivity index (χ2n) is 7.80. The fourth-order valence-corrected chi connectivity index (χ4v) is 7.21. The summed E-state index contributed by atoms with van der Waals surface area (Å²) in [5, 5.41) is 2.65. The summed E-state index contributed by atoms with van der Waals surface area (Å²) in [6.07, 6.45) is 0. The van der Waals surface area contributed by atoms with Crippen molar-refractivity contribution in [1.82, 2.24) is 4.31 Å². The van der Waals surface area contributed by atoms with E-state index in [1.807, 2.05) is 0 Å². The molecule has 37 heavy (non-hydrogen) atoms. The molecule has 0 aromatic heterocycles. The normalized spacial score (nSPS) is 11.8. The van der Waals surface area contributed by atoms with Gasteiger partial charge >= 0.3 is 0 Å². The number of nitrogens with zero attached hydrogens (tertiary/aromatic N) is 2. The van der Waals surface area contributed by atoms with Crippen LogP contribution in [0.1, 0.15) is 13.8 Å². The lowest BCUT2D eigenvalue weighted by molar-refractivity contribution is -0.114. The minimum Gasteiger partial charge on any atom is -0.495 e. The maximum Gasteiger partial charge on any atom is 0.268 e. The first kappa shape index (κ1) is 28.6. The van der Waals surface area contributed by atoms with Gasteiger partial charge in [-0.2, -0.15) is 4.31 Å². The topological polar surface area (TPSA) is 113 Å². The number of rotatable bonds is 11. The van der Waals surface area contributed by atoms with Crippen molar-refractivity contribution in [2.75, 3.05) is 36.4 Å². The van der Waals surface area contributed by atoms with Gasteiger partial charge in [0.2, 0.25) is 15.9 Å². The summed E-state index contributed by atoms with van der Waals surface area (Å²) in [5.74, 6) is -0.477. The van der Waals surface area contributed by atoms with Crippen LogP contribution in [0.3, 0.4) is 0 Å². The van der Waals surface area contributed by atoms with Crippen molar-refractivity contribution >= 4 is 53.3 Å². The number of nitrogens with one attached hydrogen (secondary N) is 1. The van der Waals surface area contributed by atoms with Crippen LogP contribution in [-0.2, 0) is 24.8 Å². The van der Waals surface area contributed by atoms with Crippen LogP contribution in [-0.4, -0.2) is 53.8 Å². The monoisotopic (exact) mass is 609 g/mol. The molecule has 3 aromatic carbocycles. The van der Waals surface area contributed by atoms with Crippen molar-refractivity contribution in [2.24, 2.45) is 0 Å². The number of para-hydroxylation sites is 1. The Morgan fingerprint density at radius 3 is 2.08 bits per heavy atom. The first-order valence-electron chi connectivity index (χ1n) is 11.4. The lowest BCUT2D eigenvalue weighted by atomic mass is 10.3. The molecule has 0 bridgehead atoms. The highest BCUT2D eigenvalue weighted by molar-refractivity contribution is 9.10. The van der Waals surface area contributed by atoms with Gasteiger partial charge in [0, 0.05) is 23.2 Å². The van der Waals surface area contributed by atoms with E-state index >= 15 is 0 Å². The Kier molecular flexibility index (Phi) is 9.35. The smallest absolute Gasteiger partial charge is 0.268 e. The average molecular weight is 611 g/mol. The van der Waals surface area contributed by atoms with Gasteiger partial charge in [0.1, 0.15) is 17.2 Å². The predicted octanol–water partition coefficient (Wildman–Crippen LogP) is 4.32. The highest BCUT2D eigenvalue weighted by Gasteiger charge is 2.30. The Balaban J connectivity index is 1.89. The summed E-state index contributed by atoms with van der Waals surface area (Å²) in [6.45, 7) is 3.66. The molecular weight excluding hydrogens is 582 g/mol. The molecular formula is C25H28BrN3O6S2. The Bertz CT molecular complexity index is 1440. The van der Waals surface area contributed by atoms with Crippen LogP contribution in [0.15, 0.2) is 87.1 Å². The molecule has 9 nitrogen and oxygen atoms in total. The molecule has 0 atom stereocenters. The Hall–Kier alpha value is -2.93. The van der Waals surface area contributed by atoms with Crippen molar-refractivity contribution in [2.45, 2.75) is 23.6 Å².